The lowest BCUT2D eigenvalue weighted by Crippen LogP contribution is -2.28. The van der Waals surface area contributed by atoms with Gasteiger partial charge in [-0.15, -0.1) is 11.3 Å². The Morgan fingerprint density at radius 2 is 2.09 bits per heavy atom. The second kappa shape index (κ2) is 6.91. The number of thiazole rings is 1. The van der Waals surface area contributed by atoms with Crippen molar-refractivity contribution in [3.8, 4) is 10.6 Å². The van der Waals surface area contributed by atoms with Crippen molar-refractivity contribution < 1.29 is 14.7 Å². The number of rotatable bonds is 5. The number of carbonyl (C=O) groups excluding carboxylic acids is 1. The molecule has 0 atom stereocenters. The van der Waals surface area contributed by atoms with E-state index >= 15 is 0 Å². The normalized spacial score (nSPS) is 14.8. The Kier molecular flexibility index (Phi) is 4.71. The summed E-state index contributed by atoms with van der Waals surface area (Å²) in [6.07, 6.45) is 4.26. The van der Waals surface area contributed by atoms with Crippen molar-refractivity contribution in [2.45, 2.75) is 32.2 Å². The predicted molar refractivity (Wildman–Crippen MR) is 88.3 cm³/mol. The Bertz CT molecular complexity index is 720. The van der Waals surface area contributed by atoms with E-state index in [0.717, 1.165) is 36.8 Å². The van der Waals surface area contributed by atoms with Crippen molar-refractivity contribution in [3.63, 3.8) is 0 Å². The molecule has 1 saturated carbocycles. The summed E-state index contributed by atoms with van der Waals surface area (Å²) in [4.78, 5) is 27.1. The van der Waals surface area contributed by atoms with Crippen LogP contribution in [0.4, 0.5) is 0 Å². The molecule has 0 aliphatic heterocycles. The van der Waals surface area contributed by atoms with Crippen LogP contribution in [0, 0.1) is 5.92 Å². The van der Waals surface area contributed by atoms with Gasteiger partial charge in [-0.3, -0.25) is 4.79 Å². The van der Waals surface area contributed by atoms with Gasteiger partial charge >= 0.3 is 5.97 Å². The summed E-state index contributed by atoms with van der Waals surface area (Å²) in [6.45, 7) is 0.486. The first kappa shape index (κ1) is 15.7. The van der Waals surface area contributed by atoms with Gasteiger partial charge in [0.2, 0.25) is 5.91 Å². The van der Waals surface area contributed by atoms with Crippen LogP contribution in [0.2, 0.25) is 0 Å². The van der Waals surface area contributed by atoms with Gasteiger partial charge in [-0.25, -0.2) is 9.78 Å². The first-order valence-corrected chi connectivity index (χ1v) is 8.57. The summed E-state index contributed by atoms with van der Waals surface area (Å²) in [5.74, 6) is -0.724. The van der Waals surface area contributed by atoms with Gasteiger partial charge in [0.05, 0.1) is 0 Å². The minimum Gasteiger partial charge on any atom is -0.476 e. The standard InChI is InChI=1S/C17H18N2O3S/c20-15(12-5-1-2-6-12)18-9-11-4-3-7-13(8-11)16-19-14(10-23-16)17(21)22/h3-4,7-8,10,12H,1-2,5-6,9H2,(H,18,20)(H,21,22). The molecule has 23 heavy (non-hydrogen) atoms. The third kappa shape index (κ3) is 3.76. The molecule has 1 aliphatic carbocycles. The van der Waals surface area contributed by atoms with Crippen molar-refractivity contribution in [1.29, 1.82) is 0 Å². The number of carboxylic acid groups (broad SMARTS) is 1. The van der Waals surface area contributed by atoms with Crippen molar-refractivity contribution >= 4 is 23.2 Å². The van der Waals surface area contributed by atoms with Crippen molar-refractivity contribution in [3.05, 3.63) is 40.9 Å². The minimum absolute atomic E-state index is 0.0601. The number of carbonyl (C=O) groups is 2. The molecule has 0 bridgehead atoms. The van der Waals surface area contributed by atoms with E-state index in [2.05, 4.69) is 10.3 Å². The van der Waals surface area contributed by atoms with Crippen LogP contribution in [0.3, 0.4) is 0 Å². The molecule has 5 nitrogen and oxygen atoms in total. The smallest absolute Gasteiger partial charge is 0.355 e. The summed E-state index contributed by atoms with van der Waals surface area (Å²) in [5, 5.41) is 14.1. The number of carboxylic acids is 1. The zero-order valence-corrected chi connectivity index (χ0v) is 13.4. The molecule has 2 aromatic rings. The molecule has 0 unspecified atom stereocenters. The van der Waals surface area contributed by atoms with E-state index < -0.39 is 5.97 Å². The highest BCUT2D eigenvalue weighted by atomic mass is 32.1. The predicted octanol–water partition coefficient (Wildman–Crippen LogP) is 3.31. The molecule has 1 aromatic carbocycles. The number of aromatic nitrogens is 1. The highest BCUT2D eigenvalue weighted by Crippen LogP contribution is 2.26. The monoisotopic (exact) mass is 330 g/mol. The topological polar surface area (TPSA) is 79.3 Å². The van der Waals surface area contributed by atoms with Crippen LogP contribution in [0.25, 0.3) is 10.6 Å². The average Bonchev–Trinajstić information content (AvgIpc) is 3.24. The molecular formula is C17H18N2O3S. The Hall–Kier alpha value is -2.21. The number of aromatic carboxylic acids is 1. The third-order valence-corrected chi connectivity index (χ3v) is 4.98. The van der Waals surface area contributed by atoms with E-state index in [1.165, 1.54) is 16.7 Å². The van der Waals surface area contributed by atoms with Crippen molar-refractivity contribution in [2.75, 3.05) is 0 Å². The minimum atomic E-state index is -1.02. The highest BCUT2D eigenvalue weighted by molar-refractivity contribution is 7.13. The molecule has 1 aromatic heterocycles. The van der Waals surface area contributed by atoms with Gasteiger partial charge in [-0.2, -0.15) is 0 Å². The number of amides is 1. The Labute approximate surface area is 138 Å². The molecule has 0 radical (unpaired) electrons. The summed E-state index contributed by atoms with van der Waals surface area (Å²) >= 11 is 1.31. The SMILES string of the molecule is O=C(O)c1csc(-c2cccc(CNC(=O)C3CCCC3)c2)n1. The fraction of sp³-hybridized carbons (Fsp3) is 0.353. The van der Waals surface area contributed by atoms with Crippen LogP contribution >= 0.6 is 11.3 Å². The van der Waals surface area contributed by atoms with Crippen molar-refractivity contribution in [1.82, 2.24) is 10.3 Å². The lowest BCUT2D eigenvalue weighted by Gasteiger charge is -2.10. The van der Waals surface area contributed by atoms with Gasteiger partial charge in [0.15, 0.2) is 5.69 Å². The van der Waals surface area contributed by atoms with Gasteiger partial charge in [0, 0.05) is 23.4 Å². The first-order chi connectivity index (χ1) is 11.1. The van der Waals surface area contributed by atoms with Crippen LogP contribution in [0.1, 0.15) is 41.7 Å². The Balaban J connectivity index is 1.67. The zero-order chi connectivity index (χ0) is 16.2. The lowest BCUT2D eigenvalue weighted by atomic mass is 10.1. The molecule has 3 rings (SSSR count). The second-order valence-electron chi connectivity index (χ2n) is 5.74. The molecule has 120 valence electrons. The Morgan fingerprint density at radius 1 is 1.30 bits per heavy atom. The number of hydrogen-bond acceptors (Lipinski definition) is 4. The van der Waals surface area contributed by atoms with Gasteiger partial charge in [-0.05, 0) is 24.5 Å². The third-order valence-electron chi connectivity index (χ3n) is 4.09. The summed E-state index contributed by atoms with van der Waals surface area (Å²) in [5.41, 5.74) is 1.92. The van der Waals surface area contributed by atoms with E-state index in [1.807, 2.05) is 24.3 Å². The molecule has 0 spiro atoms. The van der Waals surface area contributed by atoms with Gasteiger partial charge in [0.25, 0.3) is 0 Å². The molecule has 1 fully saturated rings. The van der Waals surface area contributed by atoms with E-state index in [0.29, 0.717) is 11.6 Å². The molecular weight excluding hydrogens is 312 g/mol. The van der Waals surface area contributed by atoms with Crippen LogP contribution in [-0.4, -0.2) is 22.0 Å². The van der Waals surface area contributed by atoms with Crippen molar-refractivity contribution in [2.24, 2.45) is 5.92 Å². The van der Waals surface area contributed by atoms with Crippen LogP contribution in [-0.2, 0) is 11.3 Å². The Morgan fingerprint density at radius 3 is 2.78 bits per heavy atom. The maximum atomic E-state index is 12.1. The van der Waals surface area contributed by atoms with Gasteiger partial charge in [-0.1, -0.05) is 31.0 Å². The fourth-order valence-corrected chi connectivity index (χ4v) is 3.63. The number of benzene rings is 1. The second-order valence-corrected chi connectivity index (χ2v) is 6.60. The van der Waals surface area contributed by atoms with Gasteiger partial charge in [0.1, 0.15) is 5.01 Å². The maximum absolute atomic E-state index is 12.1. The molecule has 2 N–H and O–H groups in total. The molecule has 1 amide bonds. The number of nitrogens with zero attached hydrogens (tertiary/aromatic N) is 1. The number of nitrogens with one attached hydrogen (secondary N) is 1. The number of hydrogen-bond donors (Lipinski definition) is 2. The van der Waals surface area contributed by atoms with E-state index in [1.54, 1.807) is 0 Å². The highest BCUT2D eigenvalue weighted by Gasteiger charge is 2.22. The molecule has 1 aliphatic rings. The summed E-state index contributed by atoms with van der Waals surface area (Å²) in [7, 11) is 0. The first-order valence-electron chi connectivity index (χ1n) is 7.69. The summed E-state index contributed by atoms with van der Waals surface area (Å²) in [6, 6.07) is 7.69. The van der Waals surface area contributed by atoms with Crippen LogP contribution in [0.5, 0.6) is 0 Å². The lowest BCUT2D eigenvalue weighted by molar-refractivity contribution is -0.124. The van der Waals surface area contributed by atoms with Crippen LogP contribution < -0.4 is 5.32 Å². The van der Waals surface area contributed by atoms with E-state index in [9.17, 15) is 9.59 Å². The van der Waals surface area contributed by atoms with E-state index in [-0.39, 0.29) is 17.5 Å². The van der Waals surface area contributed by atoms with Crippen LogP contribution in [0.15, 0.2) is 29.6 Å². The molecule has 6 heteroatoms. The molecule has 1 heterocycles. The quantitative estimate of drug-likeness (QED) is 0.881. The maximum Gasteiger partial charge on any atom is 0.355 e. The summed E-state index contributed by atoms with van der Waals surface area (Å²) < 4.78 is 0. The van der Waals surface area contributed by atoms with Gasteiger partial charge < -0.3 is 10.4 Å². The largest absolute Gasteiger partial charge is 0.476 e. The van der Waals surface area contributed by atoms with E-state index in [4.69, 9.17) is 5.11 Å². The fourth-order valence-electron chi connectivity index (χ4n) is 2.84. The average molecular weight is 330 g/mol. The molecule has 0 saturated heterocycles. The zero-order valence-electron chi connectivity index (χ0n) is 12.6.